The Morgan fingerprint density at radius 2 is 1.25 bits per heavy atom. The maximum Gasteiger partial charge on any atom is 0.336 e. The van der Waals surface area contributed by atoms with Crippen LogP contribution in [-0.2, 0) is 14.4 Å². The fraction of sp³-hybridized carbons (Fsp3) is 0.250. The summed E-state index contributed by atoms with van der Waals surface area (Å²) in [6, 6.07) is 0. The summed E-state index contributed by atoms with van der Waals surface area (Å²) in [6.07, 6.45) is -3.12. The Morgan fingerprint density at radius 1 is 0.833 bits per heavy atom. The van der Waals surface area contributed by atoms with Gasteiger partial charge in [-0.1, -0.05) is 0 Å². The van der Waals surface area contributed by atoms with Gasteiger partial charge in [-0.2, -0.15) is 8.78 Å². The van der Waals surface area contributed by atoms with Crippen LogP contribution in [0.2, 0.25) is 0 Å². The second-order valence-electron chi connectivity index (χ2n) is 4.46. The van der Waals surface area contributed by atoms with E-state index in [0.29, 0.717) is 0 Å². The van der Waals surface area contributed by atoms with Crippen LogP contribution in [-0.4, -0.2) is 38.8 Å². The first-order valence-electron chi connectivity index (χ1n) is 5.80. The quantitative estimate of drug-likeness (QED) is 0.228. The minimum Gasteiger partial charge on any atom is -0.481 e. The number of ether oxygens (including phenoxy) is 1. The lowest BCUT2D eigenvalue weighted by molar-refractivity contribution is -0.169. The summed E-state index contributed by atoms with van der Waals surface area (Å²) in [5, 5.41) is 26.7. The number of rotatable bonds is 6. The van der Waals surface area contributed by atoms with Gasteiger partial charge in [0, 0.05) is 0 Å². The van der Waals surface area contributed by atoms with Crippen LogP contribution >= 0.6 is 0 Å². The van der Waals surface area contributed by atoms with E-state index in [1.165, 1.54) is 0 Å². The van der Waals surface area contributed by atoms with Gasteiger partial charge in [-0.25, -0.2) is 18.0 Å². The molecule has 0 heterocycles. The molecule has 24 heavy (non-hydrogen) atoms. The number of hydrogen-bond acceptors (Lipinski definition) is 5. The predicted molar refractivity (Wildman–Crippen MR) is 61.3 cm³/mol. The lowest BCUT2D eigenvalue weighted by Crippen LogP contribution is -2.43. The average Bonchev–Trinajstić information content (AvgIpc) is 2.46. The number of carboxylic acids is 2. The van der Waals surface area contributed by atoms with Gasteiger partial charge in [-0.15, -0.1) is 0 Å². The van der Waals surface area contributed by atoms with Crippen LogP contribution in [0.4, 0.5) is 22.0 Å². The van der Waals surface area contributed by atoms with E-state index in [1.807, 2.05) is 0 Å². The molecule has 1 unspecified atom stereocenters. The Kier molecular flexibility index (Phi) is 5.45. The summed E-state index contributed by atoms with van der Waals surface area (Å²) >= 11 is 0. The van der Waals surface area contributed by atoms with Gasteiger partial charge in [0.05, 0.1) is 12.8 Å². The molecule has 0 amide bonds. The molecule has 0 saturated heterocycles. The molecule has 1 aromatic rings. The molecule has 3 N–H and O–H groups in total. The van der Waals surface area contributed by atoms with Gasteiger partial charge in [0.1, 0.15) is 0 Å². The number of esters is 1. The van der Waals surface area contributed by atoms with Crippen molar-refractivity contribution >= 4 is 17.9 Å². The van der Waals surface area contributed by atoms with Gasteiger partial charge in [0.2, 0.25) is 34.8 Å². The monoisotopic (exact) mass is 358 g/mol. The van der Waals surface area contributed by atoms with Crippen LogP contribution in [0.3, 0.4) is 0 Å². The highest BCUT2D eigenvalue weighted by Crippen LogP contribution is 2.30. The molecule has 132 valence electrons. The van der Waals surface area contributed by atoms with E-state index in [2.05, 4.69) is 4.74 Å². The van der Waals surface area contributed by atoms with Crippen LogP contribution in [0, 0.1) is 29.1 Å². The third kappa shape index (κ3) is 3.76. The Labute approximate surface area is 128 Å². The molecular weight excluding hydrogens is 351 g/mol. The molecule has 1 rings (SSSR count). The van der Waals surface area contributed by atoms with Crippen molar-refractivity contribution in [2.45, 2.75) is 18.4 Å². The Bertz CT molecular complexity index is 691. The zero-order chi connectivity index (χ0) is 18.8. The van der Waals surface area contributed by atoms with Crippen molar-refractivity contribution in [1.82, 2.24) is 0 Å². The summed E-state index contributed by atoms with van der Waals surface area (Å²) in [6.45, 7) is 0. The second-order valence-corrected chi connectivity index (χ2v) is 4.46. The smallest absolute Gasteiger partial charge is 0.336 e. The van der Waals surface area contributed by atoms with Crippen molar-refractivity contribution in [1.29, 1.82) is 0 Å². The van der Waals surface area contributed by atoms with Crippen molar-refractivity contribution < 1.29 is 56.4 Å². The Hall–Kier alpha value is -2.76. The number of benzene rings is 1. The third-order valence-electron chi connectivity index (χ3n) is 2.66. The largest absolute Gasteiger partial charge is 0.481 e. The van der Waals surface area contributed by atoms with Gasteiger partial charge < -0.3 is 20.1 Å². The first-order valence-corrected chi connectivity index (χ1v) is 5.80. The molecule has 0 radical (unpaired) electrons. The minimum atomic E-state index is -3.22. The molecule has 0 aliphatic carbocycles. The third-order valence-corrected chi connectivity index (χ3v) is 2.66. The van der Waals surface area contributed by atoms with Crippen molar-refractivity contribution in [2.24, 2.45) is 0 Å². The number of aliphatic hydroxyl groups is 1. The van der Waals surface area contributed by atoms with Gasteiger partial charge in [-0.3, -0.25) is 9.59 Å². The molecule has 0 spiro atoms. The predicted octanol–water partition coefficient (Wildman–Crippen LogP) is 0.968. The van der Waals surface area contributed by atoms with Crippen molar-refractivity contribution in [3.05, 3.63) is 29.1 Å². The molecule has 0 fully saturated rings. The maximum atomic E-state index is 13.3. The van der Waals surface area contributed by atoms with E-state index in [1.54, 1.807) is 0 Å². The van der Waals surface area contributed by atoms with E-state index in [-0.39, 0.29) is 0 Å². The number of aliphatic carboxylic acids is 2. The van der Waals surface area contributed by atoms with Gasteiger partial charge in [0.25, 0.3) is 0 Å². The number of carbonyl (C=O) groups is 3. The van der Waals surface area contributed by atoms with E-state index in [9.17, 15) is 41.4 Å². The molecule has 1 aromatic carbocycles. The van der Waals surface area contributed by atoms with Gasteiger partial charge in [0.15, 0.2) is 5.60 Å². The zero-order valence-corrected chi connectivity index (χ0v) is 11.3. The van der Waals surface area contributed by atoms with E-state index >= 15 is 0 Å². The minimum absolute atomic E-state index is 1.49. The van der Waals surface area contributed by atoms with E-state index in [0.717, 1.165) is 0 Å². The summed E-state index contributed by atoms with van der Waals surface area (Å²) in [4.78, 5) is 32.7. The summed E-state index contributed by atoms with van der Waals surface area (Å²) < 4.78 is 69.1. The lowest BCUT2D eigenvalue weighted by atomic mass is 9.96. The topological polar surface area (TPSA) is 121 Å². The van der Waals surface area contributed by atoms with Crippen molar-refractivity contribution in [3.63, 3.8) is 0 Å². The van der Waals surface area contributed by atoms with Crippen molar-refractivity contribution in [3.8, 4) is 5.75 Å². The Balaban J connectivity index is 3.13. The SMILES string of the molecule is O=C(O)CC(O)(CC(=O)Oc1c(F)c(F)c(F)c(F)c1F)C(=O)O. The Morgan fingerprint density at radius 3 is 1.62 bits per heavy atom. The van der Waals surface area contributed by atoms with E-state index in [4.69, 9.17) is 10.2 Å². The number of halogens is 5. The highest BCUT2D eigenvalue weighted by Gasteiger charge is 2.42. The summed E-state index contributed by atoms with van der Waals surface area (Å²) in [5.41, 5.74) is -3.22. The maximum absolute atomic E-state index is 13.3. The number of hydrogen-bond donors (Lipinski definition) is 3. The highest BCUT2D eigenvalue weighted by atomic mass is 19.2. The highest BCUT2D eigenvalue weighted by molar-refractivity contribution is 5.89. The fourth-order valence-electron chi connectivity index (χ4n) is 1.53. The molecule has 7 nitrogen and oxygen atoms in total. The van der Waals surface area contributed by atoms with Gasteiger partial charge in [-0.05, 0) is 0 Å². The molecular formula is C12H7F5O7. The molecule has 0 bridgehead atoms. The van der Waals surface area contributed by atoms with Gasteiger partial charge >= 0.3 is 17.9 Å². The average molecular weight is 358 g/mol. The van der Waals surface area contributed by atoms with Crippen LogP contribution in [0.15, 0.2) is 0 Å². The zero-order valence-electron chi connectivity index (χ0n) is 11.3. The number of carboxylic acid groups (broad SMARTS) is 2. The molecule has 0 saturated carbocycles. The first kappa shape index (κ1) is 19.3. The fourth-order valence-corrected chi connectivity index (χ4v) is 1.53. The standard InChI is InChI=1S/C12H7F5O7/c13-5-6(14)8(16)10(9(17)7(5)15)24-4(20)2-12(23,11(21)22)1-3(18)19/h23H,1-2H2,(H,18,19)(H,21,22). The van der Waals surface area contributed by atoms with Crippen LogP contribution in [0.5, 0.6) is 5.75 Å². The second kappa shape index (κ2) is 6.78. The lowest BCUT2D eigenvalue weighted by Gasteiger charge is -2.20. The summed E-state index contributed by atoms with van der Waals surface area (Å²) in [7, 11) is 0. The molecule has 1 atom stereocenters. The van der Waals surface area contributed by atoms with Crippen molar-refractivity contribution in [2.75, 3.05) is 0 Å². The van der Waals surface area contributed by atoms with E-state index < -0.39 is 71.2 Å². The van der Waals surface area contributed by atoms with Crippen LogP contribution in [0.1, 0.15) is 12.8 Å². The molecule has 0 aromatic heterocycles. The normalized spacial score (nSPS) is 13.2. The van der Waals surface area contributed by atoms with Crippen LogP contribution in [0.25, 0.3) is 0 Å². The summed E-state index contributed by atoms with van der Waals surface area (Å²) in [5.74, 6) is -20.3. The molecule has 0 aliphatic heterocycles. The molecule has 12 heteroatoms. The first-order chi connectivity index (χ1) is 10.9. The number of carbonyl (C=O) groups excluding carboxylic acids is 1. The van der Waals surface area contributed by atoms with Crippen LogP contribution < -0.4 is 4.74 Å². The molecule has 0 aliphatic rings.